The summed E-state index contributed by atoms with van der Waals surface area (Å²) in [5, 5.41) is -1.03. The zero-order chi connectivity index (χ0) is 27.2. The molecule has 2 saturated heterocycles. The molecule has 1 aromatic carbocycles. The zero-order valence-corrected chi connectivity index (χ0v) is 22.4. The summed E-state index contributed by atoms with van der Waals surface area (Å²) in [6, 6.07) is 7.13. The number of hydrogen-bond donors (Lipinski definition) is 0. The van der Waals surface area contributed by atoms with Crippen molar-refractivity contribution < 1.29 is 31.5 Å². The third-order valence-electron chi connectivity index (χ3n) is 7.12. The molecule has 38 heavy (non-hydrogen) atoms. The van der Waals surface area contributed by atoms with Crippen LogP contribution in [-0.4, -0.2) is 59.7 Å². The monoisotopic (exact) mass is 547 g/mol. The molecule has 0 spiro atoms. The van der Waals surface area contributed by atoms with E-state index in [2.05, 4.69) is 4.98 Å². The number of anilines is 1. The van der Waals surface area contributed by atoms with Gasteiger partial charge in [-0.2, -0.15) is 0 Å². The van der Waals surface area contributed by atoms with Gasteiger partial charge in [0.2, 0.25) is 9.84 Å². The highest BCUT2D eigenvalue weighted by molar-refractivity contribution is 8.07. The van der Waals surface area contributed by atoms with Crippen molar-refractivity contribution in [1.82, 2.24) is 9.38 Å². The molecule has 0 radical (unpaired) electrons. The number of halogens is 2. The summed E-state index contributed by atoms with van der Waals surface area (Å²) in [5.41, 5.74) is 1.36. The second kappa shape index (κ2) is 9.92. The Kier molecular flexibility index (Phi) is 6.93. The number of fused-ring (bicyclic) bond motifs is 1. The van der Waals surface area contributed by atoms with E-state index in [4.69, 9.17) is 9.47 Å². The highest BCUT2D eigenvalue weighted by Gasteiger charge is 2.39. The Balaban J connectivity index is 1.52. The van der Waals surface area contributed by atoms with Gasteiger partial charge in [0, 0.05) is 37.6 Å². The van der Waals surface area contributed by atoms with Gasteiger partial charge in [-0.15, -0.1) is 0 Å². The number of carbonyl (C=O) groups excluding carboxylic acids is 1. The largest absolute Gasteiger partial charge is 0.490 e. The van der Waals surface area contributed by atoms with Gasteiger partial charge in [0.15, 0.2) is 0 Å². The van der Waals surface area contributed by atoms with Crippen molar-refractivity contribution in [3.8, 4) is 5.75 Å². The lowest BCUT2D eigenvalue weighted by atomic mass is 10.0. The first kappa shape index (κ1) is 26.6. The number of nitrogens with zero attached hydrogens (tertiary/aromatic N) is 3. The highest BCUT2D eigenvalue weighted by Crippen LogP contribution is 2.42. The Morgan fingerprint density at radius 3 is 2.61 bits per heavy atom. The van der Waals surface area contributed by atoms with Crippen LogP contribution in [0.3, 0.4) is 0 Å². The molecule has 0 amide bonds. The minimum Gasteiger partial charge on any atom is -0.490 e. The van der Waals surface area contributed by atoms with Crippen LogP contribution < -0.4 is 9.64 Å². The van der Waals surface area contributed by atoms with Gasteiger partial charge in [-0.1, -0.05) is 0 Å². The lowest BCUT2D eigenvalue weighted by molar-refractivity contribution is 0.0250. The van der Waals surface area contributed by atoms with Crippen LogP contribution in [-0.2, 0) is 14.6 Å². The van der Waals surface area contributed by atoms with Crippen molar-refractivity contribution in [1.29, 1.82) is 0 Å². The van der Waals surface area contributed by atoms with E-state index in [1.165, 1.54) is 43.5 Å². The van der Waals surface area contributed by atoms with Crippen LogP contribution in [0, 0.1) is 5.82 Å². The van der Waals surface area contributed by atoms with Crippen LogP contribution in [0.15, 0.2) is 42.7 Å². The third-order valence-corrected chi connectivity index (χ3v) is 9.43. The second-order valence-corrected chi connectivity index (χ2v) is 13.4. The first-order valence-corrected chi connectivity index (χ1v) is 14.1. The molecule has 4 heterocycles. The maximum atomic E-state index is 14.9. The Morgan fingerprint density at radius 2 is 1.89 bits per heavy atom. The van der Waals surface area contributed by atoms with Gasteiger partial charge in [0.1, 0.15) is 35.2 Å². The normalized spacial score (nSPS) is 21.2. The maximum Gasteiger partial charge on any atom is 0.295 e. The minimum absolute atomic E-state index is 0.0433. The van der Waals surface area contributed by atoms with Crippen LogP contribution in [0.5, 0.6) is 5.75 Å². The lowest BCUT2D eigenvalue weighted by Crippen LogP contribution is -2.34. The third kappa shape index (κ3) is 4.89. The lowest BCUT2D eigenvalue weighted by Gasteiger charge is -2.30. The molecule has 8 nitrogen and oxygen atoms in total. The topological polar surface area (TPSA) is 90.2 Å². The van der Waals surface area contributed by atoms with E-state index < -0.39 is 37.7 Å². The van der Waals surface area contributed by atoms with Crippen LogP contribution in [0.4, 0.5) is 14.5 Å². The summed E-state index contributed by atoms with van der Waals surface area (Å²) in [5.74, 6) is 0.0464. The van der Waals surface area contributed by atoms with E-state index in [-0.39, 0.29) is 24.8 Å². The fraction of sp³-hybridized carbons (Fsp3) is 0.481. The van der Waals surface area contributed by atoms with Crippen molar-refractivity contribution in [3.05, 3.63) is 59.8 Å². The number of hydrogen-bond acceptors (Lipinski definition) is 7. The maximum absolute atomic E-state index is 14.9. The number of rotatable bonds is 5. The highest BCUT2D eigenvalue weighted by atomic mass is 32.2. The standard InChI is InChI=1S/C27H31F2N3O5S/c1-27(2,3)38(34,35)26(33)23-14-30-25-7-5-19(16-32(23)25)31-15-18(29)13-22(31)21-12-17(28)4-6-24(21)37-20-8-10-36-11-9-20/h4-7,12,14,16,18,20,22H,8-11,13,15H2,1-3H3/t18-,22+/m1/s1. The second-order valence-electron chi connectivity index (χ2n) is 10.8. The zero-order valence-electron chi connectivity index (χ0n) is 21.6. The van der Waals surface area contributed by atoms with E-state index in [9.17, 15) is 22.0 Å². The molecule has 2 fully saturated rings. The first-order valence-electron chi connectivity index (χ1n) is 12.7. The van der Waals surface area contributed by atoms with Crippen molar-refractivity contribution in [2.45, 2.75) is 63.1 Å². The smallest absolute Gasteiger partial charge is 0.295 e. The van der Waals surface area contributed by atoms with E-state index in [0.717, 1.165) is 0 Å². The van der Waals surface area contributed by atoms with Gasteiger partial charge in [-0.05, 0) is 51.1 Å². The summed E-state index contributed by atoms with van der Waals surface area (Å²) in [6.45, 7) is 5.60. The average Bonchev–Trinajstić information content (AvgIpc) is 3.47. The SMILES string of the molecule is CC(C)(C)S(=O)(=O)C(=O)c1cnc2ccc(N3C[C@H](F)C[C@H]3c3cc(F)ccc3OC3CCOCC3)cn12. The molecule has 0 bridgehead atoms. The van der Waals surface area contributed by atoms with Crippen LogP contribution in [0.25, 0.3) is 5.65 Å². The molecule has 2 aliphatic rings. The van der Waals surface area contributed by atoms with Crippen LogP contribution in [0.1, 0.15) is 62.1 Å². The number of sulfone groups is 1. The molecular formula is C27H31F2N3O5S. The molecule has 2 aromatic heterocycles. The molecule has 204 valence electrons. The van der Waals surface area contributed by atoms with Gasteiger partial charge in [0.05, 0.1) is 35.9 Å². The van der Waals surface area contributed by atoms with E-state index >= 15 is 0 Å². The van der Waals surface area contributed by atoms with Crippen molar-refractivity contribution >= 4 is 26.3 Å². The van der Waals surface area contributed by atoms with E-state index in [1.807, 2.05) is 0 Å². The number of alkyl halides is 1. The quantitative estimate of drug-likeness (QED) is 0.458. The van der Waals surface area contributed by atoms with Crippen LogP contribution in [0.2, 0.25) is 0 Å². The molecule has 5 rings (SSSR count). The number of ether oxygens (including phenoxy) is 2. The van der Waals surface area contributed by atoms with Gasteiger partial charge in [-0.25, -0.2) is 22.2 Å². The minimum atomic E-state index is -4.15. The van der Waals surface area contributed by atoms with Gasteiger partial charge in [0.25, 0.3) is 5.12 Å². The summed E-state index contributed by atoms with van der Waals surface area (Å²) in [4.78, 5) is 19.0. The van der Waals surface area contributed by atoms with Crippen molar-refractivity contribution in [2.24, 2.45) is 0 Å². The van der Waals surface area contributed by atoms with Crippen molar-refractivity contribution in [3.63, 3.8) is 0 Å². The predicted molar refractivity (Wildman–Crippen MR) is 139 cm³/mol. The van der Waals surface area contributed by atoms with E-state index in [0.29, 0.717) is 48.7 Å². The summed E-state index contributed by atoms with van der Waals surface area (Å²) < 4.78 is 66.8. The Morgan fingerprint density at radius 1 is 1.16 bits per heavy atom. The molecular weight excluding hydrogens is 516 g/mol. The average molecular weight is 548 g/mol. The Bertz CT molecular complexity index is 1460. The molecule has 3 aromatic rings. The predicted octanol–water partition coefficient (Wildman–Crippen LogP) is 4.67. The molecule has 0 N–H and O–H groups in total. The number of aromatic nitrogens is 2. The number of benzene rings is 1. The van der Waals surface area contributed by atoms with Gasteiger partial charge in [-0.3, -0.25) is 9.20 Å². The van der Waals surface area contributed by atoms with Gasteiger partial charge >= 0.3 is 0 Å². The number of carbonyl (C=O) groups is 1. The molecule has 0 unspecified atom stereocenters. The molecule has 2 aliphatic heterocycles. The number of imidazole rings is 1. The fourth-order valence-electron chi connectivity index (χ4n) is 4.93. The summed E-state index contributed by atoms with van der Waals surface area (Å²) >= 11 is 0. The molecule has 0 aliphatic carbocycles. The molecule has 11 heteroatoms. The Hall–Kier alpha value is -3.05. The Labute approximate surface area is 220 Å². The molecule has 2 atom stereocenters. The van der Waals surface area contributed by atoms with Crippen molar-refractivity contribution in [2.75, 3.05) is 24.7 Å². The summed E-state index contributed by atoms with van der Waals surface area (Å²) in [6.07, 6.45) is 3.10. The fourth-order valence-corrected chi connectivity index (χ4v) is 5.91. The number of pyridine rings is 1. The van der Waals surface area contributed by atoms with E-state index in [1.54, 1.807) is 29.3 Å². The molecule has 0 saturated carbocycles. The van der Waals surface area contributed by atoms with Gasteiger partial charge < -0.3 is 14.4 Å². The van der Waals surface area contributed by atoms with Crippen LogP contribution >= 0.6 is 0 Å². The first-order chi connectivity index (χ1) is 18.0. The summed E-state index contributed by atoms with van der Waals surface area (Å²) in [7, 11) is -4.15.